The largest absolute Gasteiger partial charge is 0.453 e. The van der Waals surface area contributed by atoms with Gasteiger partial charge in [0.05, 0.1) is 5.36 Å². The number of nitrogens with one attached hydrogen (secondary N) is 1. The van der Waals surface area contributed by atoms with E-state index in [1.807, 2.05) is 37.3 Å². The predicted molar refractivity (Wildman–Crippen MR) is 101 cm³/mol. The van der Waals surface area contributed by atoms with Crippen molar-refractivity contribution in [1.82, 2.24) is 4.98 Å². The van der Waals surface area contributed by atoms with Gasteiger partial charge < -0.3 is 9.73 Å². The van der Waals surface area contributed by atoms with Crippen LogP contribution in [0.4, 0.5) is 5.69 Å². The number of aryl methyl sites for hydroxylation is 1. The molecule has 0 atom stereocenters. The molecule has 2 aromatic carbocycles. The molecule has 0 fully saturated rings. The summed E-state index contributed by atoms with van der Waals surface area (Å²) >= 11 is 0. The Morgan fingerprint density at radius 3 is 2.76 bits per heavy atom. The Labute approximate surface area is 145 Å². The smallest absolute Gasteiger partial charge is 0.155 e. The van der Waals surface area contributed by atoms with Crippen LogP contribution in [0.2, 0.25) is 0 Å². The highest BCUT2D eigenvalue weighted by atomic mass is 16.3. The molecule has 25 heavy (non-hydrogen) atoms. The zero-order chi connectivity index (χ0) is 17.4. The first-order valence-corrected chi connectivity index (χ1v) is 8.21. The molecule has 0 saturated carbocycles. The summed E-state index contributed by atoms with van der Waals surface area (Å²) < 4.78 is 6.15. The summed E-state index contributed by atoms with van der Waals surface area (Å²) in [6, 6.07) is 16.4. The Bertz CT molecular complexity index is 1180. The molecule has 1 aliphatic heterocycles. The van der Waals surface area contributed by atoms with Gasteiger partial charge in [-0.15, -0.1) is 0 Å². The van der Waals surface area contributed by atoms with E-state index >= 15 is 0 Å². The van der Waals surface area contributed by atoms with Crippen LogP contribution in [-0.2, 0) is 0 Å². The molecule has 0 aromatic heterocycles. The molecule has 0 bridgehead atoms. The lowest BCUT2D eigenvalue weighted by molar-refractivity contribution is 0.612. The summed E-state index contributed by atoms with van der Waals surface area (Å²) in [5, 5.41) is 6.33. The average molecular weight is 327 g/mol. The number of nitrogens with zero attached hydrogens (tertiary/aromatic N) is 2. The molecule has 4 rings (SSSR count). The number of anilines is 1. The molecule has 4 heteroatoms. The Hall–Kier alpha value is -3.32. The van der Waals surface area contributed by atoms with Gasteiger partial charge in [0, 0.05) is 41.2 Å². The summed E-state index contributed by atoms with van der Waals surface area (Å²) in [5.41, 5.74) is 4.39. The van der Waals surface area contributed by atoms with Crippen molar-refractivity contribution in [2.24, 2.45) is 4.99 Å². The first kappa shape index (κ1) is 15.2. The number of rotatable bonds is 2. The van der Waals surface area contributed by atoms with Crippen molar-refractivity contribution in [2.45, 2.75) is 13.8 Å². The van der Waals surface area contributed by atoms with E-state index in [1.54, 1.807) is 0 Å². The monoisotopic (exact) mass is 327 g/mol. The van der Waals surface area contributed by atoms with Gasteiger partial charge in [0.25, 0.3) is 0 Å². The zero-order valence-electron chi connectivity index (χ0n) is 14.1. The third-order valence-electron chi connectivity index (χ3n) is 4.26. The van der Waals surface area contributed by atoms with Crippen molar-refractivity contribution < 1.29 is 4.42 Å². The van der Waals surface area contributed by atoms with Crippen LogP contribution in [-0.4, -0.2) is 11.5 Å². The molecule has 1 heterocycles. The minimum absolute atomic E-state index is 0.671. The SMILES string of the molecule is C#CN=c1cc2oc3cc(NCC)c4ccccc4c3nc-2cc1C. The number of hydrogen-bond acceptors (Lipinski definition) is 4. The van der Waals surface area contributed by atoms with Gasteiger partial charge in [0.1, 0.15) is 11.2 Å². The van der Waals surface area contributed by atoms with Gasteiger partial charge in [-0.05, 0) is 25.5 Å². The Morgan fingerprint density at radius 2 is 2.00 bits per heavy atom. The molecule has 0 spiro atoms. The van der Waals surface area contributed by atoms with Crippen LogP contribution in [0.5, 0.6) is 0 Å². The third kappa shape index (κ3) is 2.50. The highest BCUT2D eigenvalue weighted by Crippen LogP contribution is 2.34. The van der Waals surface area contributed by atoms with Crippen LogP contribution in [0.25, 0.3) is 33.3 Å². The van der Waals surface area contributed by atoms with E-state index in [0.29, 0.717) is 5.76 Å². The molecule has 1 N–H and O–H groups in total. The van der Waals surface area contributed by atoms with Crippen LogP contribution < -0.4 is 10.7 Å². The second-order valence-corrected chi connectivity index (χ2v) is 5.91. The molecule has 122 valence electrons. The Morgan fingerprint density at radius 1 is 1.20 bits per heavy atom. The standard InChI is InChI=1S/C21H17N3O/c1-4-22-16-11-19-18(10-13(16)3)24-21-15-9-7-6-8-14(15)17(23-5-2)12-20(21)25-19/h1,6-12,23H,5H2,2-3H3. The van der Waals surface area contributed by atoms with Crippen molar-refractivity contribution in [2.75, 3.05) is 11.9 Å². The van der Waals surface area contributed by atoms with Gasteiger partial charge in [-0.1, -0.05) is 30.7 Å². The van der Waals surface area contributed by atoms with E-state index in [2.05, 4.69) is 35.4 Å². The van der Waals surface area contributed by atoms with Crippen LogP contribution in [0.15, 0.2) is 51.9 Å². The number of hydrogen-bond donors (Lipinski definition) is 1. The van der Waals surface area contributed by atoms with Gasteiger partial charge in [0.15, 0.2) is 11.3 Å². The molecule has 0 radical (unpaired) electrons. The van der Waals surface area contributed by atoms with Gasteiger partial charge in [-0.2, -0.15) is 4.99 Å². The maximum Gasteiger partial charge on any atom is 0.155 e. The number of benzene rings is 3. The molecule has 2 aromatic rings. The number of aromatic nitrogens is 1. The van der Waals surface area contributed by atoms with Gasteiger partial charge >= 0.3 is 0 Å². The highest BCUT2D eigenvalue weighted by molar-refractivity contribution is 6.10. The normalized spacial score (nSPS) is 12.0. The Kier molecular flexibility index (Phi) is 3.62. The lowest BCUT2D eigenvalue weighted by Gasteiger charge is -2.13. The first-order valence-electron chi connectivity index (χ1n) is 8.21. The topological polar surface area (TPSA) is 50.4 Å². The molecular weight excluding hydrogens is 310 g/mol. The van der Waals surface area contributed by atoms with E-state index in [-0.39, 0.29) is 0 Å². The molecule has 0 unspecified atom stereocenters. The fourth-order valence-corrected chi connectivity index (χ4v) is 3.12. The van der Waals surface area contributed by atoms with Crippen molar-refractivity contribution in [3.8, 4) is 23.9 Å². The van der Waals surface area contributed by atoms with E-state index in [9.17, 15) is 0 Å². The van der Waals surface area contributed by atoms with E-state index < -0.39 is 0 Å². The predicted octanol–water partition coefficient (Wildman–Crippen LogP) is 4.32. The van der Waals surface area contributed by atoms with Crippen molar-refractivity contribution in [3.05, 3.63) is 53.4 Å². The summed E-state index contributed by atoms with van der Waals surface area (Å²) in [4.78, 5) is 8.92. The van der Waals surface area contributed by atoms with Gasteiger partial charge in [-0.3, -0.25) is 0 Å². The van der Waals surface area contributed by atoms with E-state index in [0.717, 1.165) is 50.7 Å². The maximum absolute atomic E-state index is 6.15. The first-order chi connectivity index (χ1) is 12.2. The molecular formula is C21H17N3O. The highest BCUT2D eigenvalue weighted by Gasteiger charge is 2.14. The van der Waals surface area contributed by atoms with E-state index in [1.165, 1.54) is 0 Å². The molecule has 4 nitrogen and oxygen atoms in total. The van der Waals surface area contributed by atoms with Crippen molar-refractivity contribution in [1.29, 1.82) is 0 Å². The fourth-order valence-electron chi connectivity index (χ4n) is 3.12. The third-order valence-corrected chi connectivity index (χ3v) is 4.26. The lowest BCUT2D eigenvalue weighted by atomic mass is 10.1. The molecule has 1 aliphatic carbocycles. The van der Waals surface area contributed by atoms with Crippen LogP contribution >= 0.6 is 0 Å². The molecule has 2 aliphatic rings. The number of fused-ring (bicyclic) bond motifs is 4. The lowest BCUT2D eigenvalue weighted by Crippen LogP contribution is -2.07. The van der Waals surface area contributed by atoms with Gasteiger partial charge in [0.2, 0.25) is 0 Å². The van der Waals surface area contributed by atoms with Gasteiger partial charge in [-0.25, -0.2) is 4.98 Å². The minimum atomic E-state index is 0.671. The maximum atomic E-state index is 6.15. The van der Waals surface area contributed by atoms with E-state index in [4.69, 9.17) is 15.8 Å². The van der Waals surface area contributed by atoms with Crippen LogP contribution in [0, 0.1) is 19.4 Å². The zero-order valence-corrected chi connectivity index (χ0v) is 14.1. The minimum Gasteiger partial charge on any atom is -0.453 e. The molecule has 0 saturated heterocycles. The fraction of sp³-hybridized carbons (Fsp3) is 0.143. The summed E-state index contributed by atoms with van der Waals surface area (Å²) in [6.07, 6.45) is 5.31. The second-order valence-electron chi connectivity index (χ2n) is 5.91. The molecule has 0 amide bonds. The van der Waals surface area contributed by atoms with Crippen LogP contribution in [0.3, 0.4) is 0 Å². The summed E-state index contributed by atoms with van der Waals surface area (Å²) in [5.74, 6) is 0.671. The van der Waals surface area contributed by atoms with Crippen molar-refractivity contribution in [3.63, 3.8) is 0 Å². The summed E-state index contributed by atoms with van der Waals surface area (Å²) in [7, 11) is 0. The average Bonchev–Trinajstić information content (AvgIpc) is 2.62. The summed E-state index contributed by atoms with van der Waals surface area (Å²) in [6.45, 7) is 4.87. The van der Waals surface area contributed by atoms with Crippen LogP contribution in [0.1, 0.15) is 12.5 Å². The second kappa shape index (κ2) is 5.95. The number of terminal acetylenes is 1. The Balaban J connectivity index is 2.13. The quantitative estimate of drug-likeness (QED) is 0.339. The van der Waals surface area contributed by atoms with Crippen molar-refractivity contribution >= 4 is 27.6 Å².